The topological polar surface area (TPSA) is 74.3 Å². The molecule has 4 rings (SSSR count). The molecule has 0 radical (unpaired) electrons. The fraction of sp³-hybridized carbons (Fsp3) is 0.571. The molecule has 2 fully saturated rings. The number of aliphatic hydroxyl groups excluding tert-OH is 1. The molecule has 4 heterocycles. The van der Waals surface area contributed by atoms with Gasteiger partial charge in [0.25, 0.3) is 0 Å². The van der Waals surface area contributed by atoms with Crippen LogP contribution in [0, 0.1) is 0 Å². The number of ether oxygens (including phenoxy) is 2. The van der Waals surface area contributed by atoms with E-state index in [-0.39, 0.29) is 18.2 Å². The van der Waals surface area contributed by atoms with Crippen molar-refractivity contribution in [2.45, 2.75) is 37.8 Å². The van der Waals surface area contributed by atoms with Crippen molar-refractivity contribution in [2.24, 2.45) is 0 Å². The van der Waals surface area contributed by atoms with Gasteiger partial charge in [-0.25, -0.2) is 9.97 Å². The fourth-order valence-electron chi connectivity index (χ4n) is 3.22. The van der Waals surface area contributed by atoms with E-state index in [2.05, 4.69) is 26.0 Å². The Hall–Kier alpha value is -1.70. The highest BCUT2D eigenvalue weighted by atomic mass is 16.6. The number of hydrogen-bond acceptors (Lipinski definition) is 5. The van der Waals surface area contributed by atoms with Crippen LogP contribution in [0.5, 0.6) is 0 Å². The van der Waals surface area contributed by atoms with Crippen molar-refractivity contribution in [2.75, 3.05) is 13.2 Å². The molecule has 0 bridgehead atoms. The molecule has 2 aromatic rings. The van der Waals surface area contributed by atoms with Crippen molar-refractivity contribution in [3.05, 3.63) is 24.8 Å². The summed E-state index contributed by atoms with van der Waals surface area (Å²) in [5, 5.41) is 9.86. The molecule has 2 aliphatic heterocycles. The Morgan fingerprint density at radius 2 is 1.90 bits per heavy atom. The summed E-state index contributed by atoms with van der Waals surface area (Å²) < 4.78 is 15.5. The quantitative estimate of drug-likeness (QED) is 0.889. The highest BCUT2D eigenvalue weighted by molar-refractivity contribution is 5.45. The van der Waals surface area contributed by atoms with Gasteiger partial charge in [0, 0.05) is 31.3 Å². The van der Waals surface area contributed by atoms with Gasteiger partial charge in [-0.05, 0) is 6.92 Å². The lowest BCUT2D eigenvalue weighted by Gasteiger charge is -2.19. The number of aliphatic hydroxyl groups is 1. The smallest absolute Gasteiger partial charge is 0.176 e. The third kappa shape index (κ3) is 1.92. The van der Waals surface area contributed by atoms with Gasteiger partial charge >= 0.3 is 0 Å². The Labute approximate surface area is 122 Å². The lowest BCUT2D eigenvalue weighted by atomic mass is 10.1. The predicted octanol–water partition coefficient (Wildman–Crippen LogP) is 0.466. The Kier molecular flexibility index (Phi) is 3.06. The van der Waals surface area contributed by atoms with Crippen LogP contribution in [0.15, 0.2) is 24.8 Å². The third-order valence-corrected chi connectivity index (χ3v) is 4.28. The van der Waals surface area contributed by atoms with Crippen LogP contribution in [-0.4, -0.2) is 55.7 Å². The molecule has 2 aliphatic rings. The third-order valence-electron chi connectivity index (χ3n) is 4.28. The molecular weight excluding hydrogens is 272 g/mol. The number of aromatic nitrogens is 4. The van der Waals surface area contributed by atoms with Gasteiger partial charge < -0.3 is 23.7 Å². The van der Waals surface area contributed by atoms with Crippen molar-refractivity contribution in [3.8, 4) is 11.6 Å². The van der Waals surface area contributed by atoms with Gasteiger partial charge in [0.05, 0.1) is 19.3 Å². The molecule has 0 aliphatic carbocycles. The molecule has 0 saturated carbocycles. The first-order valence-electron chi connectivity index (χ1n) is 7.25. The van der Waals surface area contributed by atoms with Crippen molar-refractivity contribution >= 4 is 0 Å². The van der Waals surface area contributed by atoms with E-state index in [1.807, 2.05) is 12.4 Å². The SMILES string of the molecule is CCn1ccnc1-c1nccn1[C@H]1CO[C@H]2[C@@H]1OC[C@H]2O. The van der Waals surface area contributed by atoms with E-state index in [1.54, 1.807) is 12.4 Å². The van der Waals surface area contributed by atoms with Crippen molar-refractivity contribution in [1.82, 2.24) is 19.1 Å². The zero-order valence-corrected chi connectivity index (χ0v) is 11.8. The molecule has 0 unspecified atom stereocenters. The molecule has 1 N–H and O–H groups in total. The Morgan fingerprint density at radius 3 is 2.76 bits per heavy atom. The van der Waals surface area contributed by atoms with Gasteiger partial charge in [-0.2, -0.15) is 0 Å². The van der Waals surface area contributed by atoms with Crippen LogP contribution in [0.3, 0.4) is 0 Å². The summed E-state index contributed by atoms with van der Waals surface area (Å²) in [6, 6.07) is 0.0201. The number of imidazole rings is 2. The van der Waals surface area contributed by atoms with E-state index in [1.165, 1.54) is 0 Å². The lowest BCUT2D eigenvalue weighted by molar-refractivity contribution is 0.0172. The fourth-order valence-corrected chi connectivity index (χ4v) is 3.22. The Balaban J connectivity index is 1.70. The predicted molar refractivity (Wildman–Crippen MR) is 73.6 cm³/mol. The number of fused-ring (bicyclic) bond motifs is 1. The number of aryl methyl sites for hydroxylation is 1. The van der Waals surface area contributed by atoms with Gasteiger partial charge in [-0.1, -0.05) is 0 Å². The first kappa shape index (κ1) is 13.0. The van der Waals surface area contributed by atoms with Crippen LogP contribution in [-0.2, 0) is 16.0 Å². The second kappa shape index (κ2) is 4.94. The minimum Gasteiger partial charge on any atom is -0.388 e. The number of hydrogen-bond donors (Lipinski definition) is 1. The minimum absolute atomic E-state index is 0.0201. The molecular formula is C14H18N4O3. The van der Waals surface area contributed by atoms with Crippen LogP contribution < -0.4 is 0 Å². The molecule has 0 aromatic carbocycles. The molecule has 0 amide bonds. The molecule has 0 spiro atoms. The highest BCUT2D eigenvalue weighted by Gasteiger charge is 2.48. The van der Waals surface area contributed by atoms with Gasteiger partial charge in [-0.3, -0.25) is 0 Å². The van der Waals surface area contributed by atoms with E-state index >= 15 is 0 Å². The minimum atomic E-state index is -0.537. The van der Waals surface area contributed by atoms with Gasteiger partial charge in [-0.15, -0.1) is 0 Å². The summed E-state index contributed by atoms with van der Waals surface area (Å²) in [5.74, 6) is 1.64. The monoisotopic (exact) mass is 290 g/mol. The Morgan fingerprint density at radius 1 is 1.14 bits per heavy atom. The summed E-state index contributed by atoms with van der Waals surface area (Å²) in [6.45, 7) is 3.76. The van der Waals surface area contributed by atoms with E-state index in [0.29, 0.717) is 13.2 Å². The van der Waals surface area contributed by atoms with Crippen LogP contribution >= 0.6 is 0 Å². The molecule has 7 heteroatoms. The van der Waals surface area contributed by atoms with Gasteiger partial charge in [0.15, 0.2) is 11.6 Å². The summed E-state index contributed by atoms with van der Waals surface area (Å²) in [6.07, 6.45) is 6.51. The number of nitrogens with zero attached hydrogens (tertiary/aromatic N) is 4. The average molecular weight is 290 g/mol. The highest BCUT2D eigenvalue weighted by Crippen LogP contribution is 2.36. The van der Waals surface area contributed by atoms with Crippen LogP contribution in [0.1, 0.15) is 13.0 Å². The molecule has 4 atom stereocenters. The van der Waals surface area contributed by atoms with Crippen LogP contribution in [0.2, 0.25) is 0 Å². The van der Waals surface area contributed by atoms with Crippen LogP contribution in [0.25, 0.3) is 11.6 Å². The standard InChI is InChI=1S/C14H18N4O3/c1-2-17-5-3-15-13(17)14-16-4-6-18(14)9-7-20-12-10(19)8-21-11(9)12/h3-6,9-12,19H,2,7-8H2,1H3/t9-,10+,11+,12+/m0/s1. The first-order valence-corrected chi connectivity index (χ1v) is 7.25. The van der Waals surface area contributed by atoms with E-state index in [9.17, 15) is 5.11 Å². The second-order valence-electron chi connectivity index (χ2n) is 5.43. The maximum absolute atomic E-state index is 9.86. The van der Waals surface area contributed by atoms with Crippen molar-refractivity contribution in [1.29, 1.82) is 0 Å². The van der Waals surface area contributed by atoms with Gasteiger partial charge in [0.2, 0.25) is 0 Å². The number of rotatable bonds is 3. The van der Waals surface area contributed by atoms with Crippen molar-refractivity contribution < 1.29 is 14.6 Å². The van der Waals surface area contributed by atoms with E-state index < -0.39 is 6.10 Å². The molecule has 2 saturated heterocycles. The Bertz CT molecular complexity index is 638. The van der Waals surface area contributed by atoms with E-state index in [0.717, 1.165) is 18.2 Å². The second-order valence-corrected chi connectivity index (χ2v) is 5.43. The normalized spacial score (nSPS) is 31.7. The zero-order chi connectivity index (χ0) is 14.4. The summed E-state index contributed by atoms with van der Waals surface area (Å²) in [5.41, 5.74) is 0. The van der Waals surface area contributed by atoms with Crippen LogP contribution in [0.4, 0.5) is 0 Å². The maximum atomic E-state index is 9.86. The van der Waals surface area contributed by atoms with E-state index in [4.69, 9.17) is 9.47 Å². The summed E-state index contributed by atoms with van der Waals surface area (Å²) >= 11 is 0. The average Bonchev–Trinajstić information content (AvgIpc) is 3.23. The molecule has 7 nitrogen and oxygen atoms in total. The first-order chi connectivity index (χ1) is 10.3. The molecule has 21 heavy (non-hydrogen) atoms. The molecule has 112 valence electrons. The zero-order valence-electron chi connectivity index (χ0n) is 11.8. The molecule has 2 aromatic heterocycles. The summed E-state index contributed by atoms with van der Waals surface area (Å²) in [7, 11) is 0. The lowest BCUT2D eigenvalue weighted by Crippen LogP contribution is -2.30. The largest absolute Gasteiger partial charge is 0.388 e. The van der Waals surface area contributed by atoms with Crippen molar-refractivity contribution in [3.63, 3.8) is 0 Å². The van der Waals surface area contributed by atoms with Gasteiger partial charge in [0.1, 0.15) is 18.3 Å². The summed E-state index contributed by atoms with van der Waals surface area (Å²) in [4.78, 5) is 8.86. The maximum Gasteiger partial charge on any atom is 0.176 e.